The first-order valence-corrected chi connectivity index (χ1v) is 5.20. The van der Waals surface area contributed by atoms with E-state index < -0.39 is 18.1 Å². The van der Waals surface area contributed by atoms with E-state index in [0.29, 0.717) is 0 Å². The average molecular weight is 279 g/mol. The fourth-order valence-electron chi connectivity index (χ4n) is 1.33. The summed E-state index contributed by atoms with van der Waals surface area (Å²) in [5, 5.41) is 0. The lowest BCUT2D eigenvalue weighted by Crippen LogP contribution is -2.21. The van der Waals surface area contributed by atoms with Crippen LogP contribution in [0.5, 0.6) is 5.75 Å². The van der Waals surface area contributed by atoms with Gasteiger partial charge in [0.1, 0.15) is 0 Å². The van der Waals surface area contributed by atoms with Gasteiger partial charge in [-0.15, -0.1) is 13.2 Å². The lowest BCUT2D eigenvalue weighted by molar-refractivity contribution is -0.275. The Balaban J connectivity index is 3.19. The Bertz CT molecular complexity index is 477. The van der Waals surface area contributed by atoms with E-state index in [9.17, 15) is 18.0 Å². The molecule has 0 aliphatic rings. The second kappa shape index (κ2) is 5.74. The van der Waals surface area contributed by atoms with Crippen molar-refractivity contribution in [2.75, 3.05) is 12.3 Å². The maximum atomic E-state index is 12.1. The van der Waals surface area contributed by atoms with E-state index in [0.717, 1.165) is 6.20 Å². The molecule has 0 fully saturated rings. The van der Waals surface area contributed by atoms with Crippen LogP contribution < -0.4 is 16.2 Å². The maximum absolute atomic E-state index is 12.1. The summed E-state index contributed by atoms with van der Waals surface area (Å²) in [6.45, 7) is 1.31. The molecule has 19 heavy (non-hydrogen) atoms. The summed E-state index contributed by atoms with van der Waals surface area (Å²) in [5.74, 6) is -1.48. The topological polar surface area (TPSA) is 100 Å². The number of esters is 1. The first-order valence-electron chi connectivity index (χ1n) is 5.20. The van der Waals surface area contributed by atoms with Crippen LogP contribution >= 0.6 is 0 Å². The summed E-state index contributed by atoms with van der Waals surface area (Å²) in [4.78, 5) is 15.0. The Labute approximate surface area is 106 Å². The number of carbonyl (C=O) groups is 1. The van der Waals surface area contributed by atoms with Crippen molar-refractivity contribution >= 4 is 11.7 Å². The van der Waals surface area contributed by atoms with Gasteiger partial charge >= 0.3 is 12.3 Å². The maximum Gasteiger partial charge on any atom is 0.573 e. The molecule has 0 radical (unpaired) electrons. The number of hydrogen-bond acceptors (Lipinski definition) is 6. The SMILES string of the molecule is CCOC(=O)c1ncc(OC(F)(F)F)c(CN)c1N. The Hall–Kier alpha value is -2.03. The van der Waals surface area contributed by atoms with Crippen LogP contribution in [0.1, 0.15) is 23.0 Å². The van der Waals surface area contributed by atoms with Gasteiger partial charge in [0.05, 0.1) is 18.5 Å². The molecule has 6 nitrogen and oxygen atoms in total. The minimum absolute atomic E-state index is 0.0821. The van der Waals surface area contributed by atoms with Gasteiger partial charge in [-0.05, 0) is 6.92 Å². The van der Waals surface area contributed by atoms with Gasteiger partial charge < -0.3 is 20.9 Å². The second-order valence-electron chi connectivity index (χ2n) is 3.34. The molecular weight excluding hydrogens is 267 g/mol. The van der Waals surface area contributed by atoms with Crippen LogP contribution in [0.2, 0.25) is 0 Å². The Kier molecular flexibility index (Phi) is 4.54. The normalized spacial score (nSPS) is 11.2. The number of aromatic nitrogens is 1. The Morgan fingerprint density at radius 1 is 1.47 bits per heavy atom. The summed E-state index contributed by atoms with van der Waals surface area (Å²) in [5.41, 5.74) is 10.1. The summed E-state index contributed by atoms with van der Waals surface area (Å²) in [6.07, 6.45) is -4.16. The highest BCUT2D eigenvalue weighted by Gasteiger charge is 2.33. The molecule has 0 saturated carbocycles. The van der Waals surface area contributed by atoms with Crippen molar-refractivity contribution in [3.8, 4) is 5.75 Å². The fourth-order valence-corrected chi connectivity index (χ4v) is 1.33. The molecule has 0 spiro atoms. The van der Waals surface area contributed by atoms with E-state index in [1.807, 2.05) is 0 Å². The van der Waals surface area contributed by atoms with E-state index >= 15 is 0 Å². The third-order valence-corrected chi connectivity index (χ3v) is 2.09. The van der Waals surface area contributed by atoms with Crippen LogP contribution in [0.15, 0.2) is 6.20 Å². The summed E-state index contributed by atoms with van der Waals surface area (Å²) >= 11 is 0. The Morgan fingerprint density at radius 2 is 2.11 bits per heavy atom. The number of rotatable bonds is 4. The van der Waals surface area contributed by atoms with Crippen molar-refractivity contribution in [2.24, 2.45) is 5.73 Å². The lowest BCUT2D eigenvalue weighted by Gasteiger charge is -2.15. The minimum Gasteiger partial charge on any atom is -0.461 e. The van der Waals surface area contributed by atoms with Gasteiger partial charge in [0.15, 0.2) is 11.4 Å². The first-order chi connectivity index (χ1) is 8.80. The molecule has 1 heterocycles. The fraction of sp³-hybridized carbons (Fsp3) is 0.400. The number of hydrogen-bond donors (Lipinski definition) is 2. The Morgan fingerprint density at radius 3 is 2.58 bits per heavy atom. The van der Waals surface area contributed by atoms with E-state index in [-0.39, 0.29) is 30.1 Å². The van der Waals surface area contributed by atoms with E-state index in [4.69, 9.17) is 11.5 Å². The number of alkyl halides is 3. The summed E-state index contributed by atoms with van der Waals surface area (Å²) in [7, 11) is 0. The predicted molar refractivity (Wildman–Crippen MR) is 59.2 cm³/mol. The summed E-state index contributed by atoms with van der Waals surface area (Å²) in [6, 6.07) is 0. The van der Waals surface area contributed by atoms with Crippen molar-refractivity contribution < 1.29 is 27.4 Å². The molecule has 0 unspecified atom stereocenters. The zero-order chi connectivity index (χ0) is 14.6. The van der Waals surface area contributed by atoms with Gasteiger partial charge in [0.2, 0.25) is 0 Å². The van der Waals surface area contributed by atoms with Crippen molar-refractivity contribution in [1.82, 2.24) is 4.98 Å². The number of anilines is 1. The van der Waals surface area contributed by atoms with Gasteiger partial charge in [-0.2, -0.15) is 0 Å². The molecule has 0 atom stereocenters. The number of halogens is 3. The van der Waals surface area contributed by atoms with Crippen molar-refractivity contribution in [3.63, 3.8) is 0 Å². The highest BCUT2D eigenvalue weighted by Crippen LogP contribution is 2.30. The molecule has 1 aromatic heterocycles. The van der Waals surface area contributed by atoms with E-state index in [1.165, 1.54) is 0 Å². The standard InChI is InChI=1S/C10H12F3N3O3/c1-2-18-9(17)8-7(15)5(3-14)6(4-16-8)19-10(11,12)13/h4H,2-3,14-15H2,1H3. The molecule has 0 amide bonds. The monoisotopic (exact) mass is 279 g/mol. The highest BCUT2D eigenvalue weighted by atomic mass is 19.4. The zero-order valence-corrected chi connectivity index (χ0v) is 9.95. The molecule has 9 heteroatoms. The van der Waals surface area contributed by atoms with Gasteiger partial charge in [0.25, 0.3) is 0 Å². The molecule has 1 rings (SSSR count). The molecule has 0 aromatic carbocycles. The number of nitrogens with zero attached hydrogens (tertiary/aromatic N) is 1. The molecule has 0 saturated heterocycles. The van der Waals surface area contributed by atoms with Crippen molar-refractivity contribution in [3.05, 3.63) is 17.5 Å². The first kappa shape index (κ1) is 15.0. The largest absolute Gasteiger partial charge is 0.573 e. The molecular formula is C10H12F3N3O3. The number of nitrogens with two attached hydrogens (primary N) is 2. The van der Waals surface area contributed by atoms with Crippen LogP contribution in [-0.4, -0.2) is 23.9 Å². The molecule has 106 valence electrons. The lowest BCUT2D eigenvalue weighted by atomic mass is 10.1. The van der Waals surface area contributed by atoms with Crippen LogP contribution in [0.3, 0.4) is 0 Å². The quantitative estimate of drug-likeness (QED) is 0.803. The molecule has 0 bridgehead atoms. The second-order valence-corrected chi connectivity index (χ2v) is 3.34. The third kappa shape index (κ3) is 3.71. The van der Waals surface area contributed by atoms with Gasteiger partial charge in [-0.1, -0.05) is 0 Å². The van der Waals surface area contributed by atoms with Gasteiger partial charge in [-0.25, -0.2) is 9.78 Å². The summed E-state index contributed by atoms with van der Waals surface area (Å²) < 4.78 is 44.8. The highest BCUT2D eigenvalue weighted by molar-refractivity contribution is 5.94. The minimum atomic E-state index is -4.90. The molecule has 0 aliphatic heterocycles. The van der Waals surface area contributed by atoms with Crippen LogP contribution in [-0.2, 0) is 11.3 Å². The zero-order valence-electron chi connectivity index (χ0n) is 9.95. The molecule has 0 aliphatic carbocycles. The third-order valence-electron chi connectivity index (χ3n) is 2.09. The van der Waals surface area contributed by atoms with Crippen molar-refractivity contribution in [2.45, 2.75) is 19.8 Å². The number of pyridine rings is 1. The van der Waals surface area contributed by atoms with E-state index in [2.05, 4.69) is 14.5 Å². The van der Waals surface area contributed by atoms with Gasteiger partial charge in [0, 0.05) is 12.1 Å². The van der Waals surface area contributed by atoms with Crippen LogP contribution in [0.25, 0.3) is 0 Å². The smallest absolute Gasteiger partial charge is 0.461 e. The van der Waals surface area contributed by atoms with Crippen LogP contribution in [0, 0.1) is 0 Å². The average Bonchev–Trinajstić information content (AvgIpc) is 2.27. The molecule has 1 aromatic rings. The number of nitrogen functional groups attached to an aromatic ring is 1. The van der Waals surface area contributed by atoms with Crippen LogP contribution in [0.4, 0.5) is 18.9 Å². The van der Waals surface area contributed by atoms with Gasteiger partial charge in [-0.3, -0.25) is 0 Å². The van der Waals surface area contributed by atoms with Crippen molar-refractivity contribution in [1.29, 1.82) is 0 Å². The number of carbonyl (C=O) groups excluding carboxylic acids is 1. The van der Waals surface area contributed by atoms with E-state index in [1.54, 1.807) is 6.92 Å². The number of ether oxygens (including phenoxy) is 2. The molecule has 4 N–H and O–H groups in total. The predicted octanol–water partition coefficient (Wildman–Crippen LogP) is 1.20.